The monoisotopic (exact) mass is 233 g/mol. The van der Waals surface area contributed by atoms with Gasteiger partial charge < -0.3 is 0 Å². The summed E-state index contributed by atoms with van der Waals surface area (Å²) in [7, 11) is 0. The van der Waals surface area contributed by atoms with Gasteiger partial charge in [-0.15, -0.1) is 0 Å². The summed E-state index contributed by atoms with van der Waals surface area (Å²) in [6.45, 7) is 13.9. The van der Waals surface area contributed by atoms with Gasteiger partial charge in [0.25, 0.3) is 0 Å². The Labute approximate surface area is 108 Å². The van der Waals surface area contributed by atoms with E-state index in [2.05, 4.69) is 53.7 Å². The van der Waals surface area contributed by atoms with Gasteiger partial charge in [0.1, 0.15) is 0 Å². The summed E-state index contributed by atoms with van der Waals surface area (Å²) < 4.78 is 0. The SMILES string of the molecule is CCC(C)[C]1C=C(C(C)CC)C=C1C(C)CC. The zero-order chi connectivity index (χ0) is 13.0. The zero-order valence-corrected chi connectivity index (χ0v) is 12.5. The van der Waals surface area contributed by atoms with E-state index in [1.54, 1.807) is 17.1 Å². The molecule has 0 heteroatoms. The lowest BCUT2D eigenvalue weighted by atomic mass is 9.81. The van der Waals surface area contributed by atoms with Crippen molar-refractivity contribution < 1.29 is 0 Å². The number of hydrogen-bond donors (Lipinski definition) is 0. The molecule has 0 saturated carbocycles. The van der Waals surface area contributed by atoms with Crippen molar-refractivity contribution in [2.75, 3.05) is 0 Å². The van der Waals surface area contributed by atoms with Gasteiger partial charge >= 0.3 is 0 Å². The Bertz CT molecular complexity index is 295. The van der Waals surface area contributed by atoms with E-state index in [0.29, 0.717) is 17.8 Å². The highest BCUT2D eigenvalue weighted by Crippen LogP contribution is 2.41. The Morgan fingerprint density at radius 2 is 1.29 bits per heavy atom. The molecule has 1 aliphatic rings. The normalized spacial score (nSPS) is 22.0. The van der Waals surface area contributed by atoms with Crippen LogP contribution in [0.2, 0.25) is 0 Å². The van der Waals surface area contributed by atoms with E-state index in [-0.39, 0.29) is 0 Å². The molecule has 0 aromatic heterocycles. The third-order valence-corrected chi connectivity index (χ3v) is 4.45. The highest BCUT2D eigenvalue weighted by atomic mass is 14.3. The fraction of sp³-hybridized carbons (Fsp3) is 0.706. The Hall–Kier alpha value is -0.520. The van der Waals surface area contributed by atoms with Gasteiger partial charge in [-0.05, 0) is 36.2 Å². The summed E-state index contributed by atoms with van der Waals surface area (Å²) in [5.74, 6) is 3.72. The first kappa shape index (κ1) is 14.5. The minimum Gasteiger partial charge on any atom is -0.0693 e. The van der Waals surface area contributed by atoms with Crippen LogP contribution >= 0.6 is 0 Å². The van der Waals surface area contributed by atoms with Crippen LogP contribution in [0.25, 0.3) is 0 Å². The highest BCUT2D eigenvalue weighted by Gasteiger charge is 2.28. The maximum atomic E-state index is 2.48. The molecule has 3 unspecified atom stereocenters. The summed E-state index contributed by atoms with van der Waals surface area (Å²) in [5, 5.41) is 0. The van der Waals surface area contributed by atoms with E-state index < -0.39 is 0 Å². The van der Waals surface area contributed by atoms with E-state index in [4.69, 9.17) is 0 Å². The molecule has 0 aromatic rings. The fourth-order valence-corrected chi connectivity index (χ4v) is 2.38. The Balaban J connectivity index is 2.93. The molecule has 0 aromatic carbocycles. The first-order valence-electron chi connectivity index (χ1n) is 7.35. The molecule has 0 aliphatic heterocycles. The molecular formula is C17H29. The highest BCUT2D eigenvalue weighted by molar-refractivity contribution is 5.50. The average Bonchev–Trinajstić information content (AvgIpc) is 2.80. The second kappa shape index (κ2) is 6.42. The van der Waals surface area contributed by atoms with Crippen LogP contribution in [0.4, 0.5) is 0 Å². The first-order valence-corrected chi connectivity index (χ1v) is 7.35. The first-order chi connectivity index (χ1) is 8.04. The standard InChI is InChI=1S/C17H29/c1-7-12(4)15-10-16(13(5)8-2)17(11-15)14(6)9-3/h10-14H,7-9H2,1-6H3. The molecule has 17 heavy (non-hydrogen) atoms. The molecule has 0 amide bonds. The largest absolute Gasteiger partial charge is 0.0693 e. The molecule has 97 valence electrons. The van der Waals surface area contributed by atoms with Gasteiger partial charge in [-0.25, -0.2) is 0 Å². The lowest BCUT2D eigenvalue weighted by Crippen LogP contribution is -2.11. The van der Waals surface area contributed by atoms with Crippen molar-refractivity contribution in [1.29, 1.82) is 0 Å². The number of rotatable bonds is 6. The molecule has 0 fully saturated rings. The van der Waals surface area contributed by atoms with Crippen molar-refractivity contribution in [3.8, 4) is 0 Å². The van der Waals surface area contributed by atoms with Gasteiger partial charge in [0.15, 0.2) is 0 Å². The summed E-state index contributed by atoms with van der Waals surface area (Å²) in [5.41, 5.74) is 3.16. The van der Waals surface area contributed by atoms with Crippen molar-refractivity contribution in [3.63, 3.8) is 0 Å². The predicted octanol–water partition coefficient (Wildman–Crippen LogP) is 5.57. The molecule has 0 bridgehead atoms. The lowest BCUT2D eigenvalue weighted by molar-refractivity contribution is 0.565. The Morgan fingerprint density at radius 1 is 0.765 bits per heavy atom. The fourth-order valence-electron chi connectivity index (χ4n) is 2.38. The second-order valence-corrected chi connectivity index (χ2v) is 5.63. The van der Waals surface area contributed by atoms with Gasteiger partial charge in [-0.3, -0.25) is 0 Å². The molecule has 0 spiro atoms. The minimum absolute atomic E-state index is 0.704. The van der Waals surface area contributed by atoms with Gasteiger partial charge in [0.2, 0.25) is 0 Å². The van der Waals surface area contributed by atoms with Gasteiger partial charge in [0, 0.05) is 5.92 Å². The van der Waals surface area contributed by atoms with E-state index in [9.17, 15) is 0 Å². The van der Waals surface area contributed by atoms with E-state index >= 15 is 0 Å². The molecular weight excluding hydrogens is 204 g/mol. The molecule has 3 atom stereocenters. The Kier molecular flexibility index (Phi) is 5.49. The minimum atomic E-state index is 0.704. The molecule has 1 aliphatic carbocycles. The number of allylic oxidation sites excluding steroid dienone is 4. The lowest BCUT2D eigenvalue weighted by Gasteiger charge is -2.23. The third kappa shape index (κ3) is 3.24. The average molecular weight is 233 g/mol. The van der Waals surface area contributed by atoms with Crippen LogP contribution in [-0.2, 0) is 0 Å². The molecule has 1 radical (unpaired) electrons. The summed E-state index contributed by atoms with van der Waals surface area (Å²) in [6, 6.07) is 0. The van der Waals surface area contributed by atoms with Crippen molar-refractivity contribution in [1.82, 2.24) is 0 Å². The van der Waals surface area contributed by atoms with Crippen LogP contribution in [0, 0.1) is 23.7 Å². The van der Waals surface area contributed by atoms with E-state index in [1.807, 2.05) is 0 Å². The van der Waals surface area contributed by atoms with Crippen LogP contribution in [0.1, 0.15) is 60.8 Å². The van der Waals surface area contributed by atoms with Crippen molar-refractivity contribution >= 4 is 0 Å². The smallest absolute Gasteiger partial charge is 0.0259 e. The third-order valence-electron chi connectivity index (χ3n) is 4.45. The zero-order valence-electron chi connectivity index (χ0n) is 12.5. The van der Waals surface area contributed by atoms with Crippen molar-refractivity contribution in [2.24, 2.45) is 17.8 Å². The van der Waals surface area contributed by atoms with Gasteiger partial charge in [-0.1, -0.05) is 65.7 Å². The van der Waals surface area contributed by atoms with Gasteiger partial charge in [0.05, 0.1) is 0 Å². The van der Waals surface area contributed by atoms with Gasteiger partial charge in [-0.2, -0.15) is 0 Å². The van der Waals surface area contributed by atoms with Crippen LogP contribution in [0.15, 0.2) is 23.3 Å². The number of hydrogen-bond acceptors (Lipinski definition) is 0. The maximum Gasteiger partial charge on any atom is 0.0259 e. The van der Waals surface area contributed by atoms with Crippen LogP contribution in [0.3, 0.4) is 0 Å². The molecule has 0 saturated heterocycles. The van der Waals surface area contributed by atoms with Crippen molar-refractivity contribution in [2.45, 2.75) is 60.8 Å². The second-order valence-electron chi connectivity index (χ2n) is 5.63. The van der Waals surface area contributed by atoms with Crippen LogP contribution in [-0.4, -0.2) is 0 Å². The molecule has 1 rings (SSSR count). The summed E-state index contributed by atoms with van der Waals surface area (Å²) in [6.07, 6.45) is 8.68. The summed E-state index contributed by atoms with van der Waals surface area (Å²) in [4.78, 5) is 0. The molecule has 0 heterocycles. The van der Waals surface area contributed by atoms with Crippen LogP contribution < -0.4 is 0 Å². The maximum absolute atomic E-state index is 2.48. The Morgan fingerprint density at radius 3 is 1.76 bits per heavy atom. The van der Waals surface area contributed by atoms with Crippen LogP contribution in [0.5, 0.6) is 0 Å². The predicted molar refractivity (Wildman–Crippen MR) is 77.8 cm³/mol. The van der Waals surface area contributed by atoms with E-state index in [0.717, 1.165) is 0 Å². The quantitative estimate of drug-likeness (QED) is 0.563. The molecule has 0 nitrogen and oxygen atoms in total. The summed E-state index contributed by atoms with van der Waals surface area (Å²) >= 11 is 0. The van der Waals surface area contributed by atoms with Crippen molar-refractivity contribution in [3.05, 3.63) is 29.2 Å². The topological polar surface area (TPSA) is 0 Å². The molecule has 0 N–H and O–H groups in total. The van der Waals surface area contributed by atoms with E-state index in [1.165, 1.54) is 19.3 Å².